The Hall–Kier alpha value is -0.460. The van der Waals surface area contributed by atoms with E-state index in [0.29, 0.717) is 0 Å². The van der Waals surface area contributed by atoms with E-state index in [-0.39, 0.29) is 53.5 Å². The molecule has 210 valence electrons. The third-order valence-corrected chi connectivity index (χ3v) is 8.14. The van der Waals surface area contributed by atoms with Crippen molar-refractivity contribution in [3.63, 3.8) is 0 Å². The highest BCUT2D eigenvalue weighted by Crippen LogP contribution is 2.36. The number of nitrogens with one attached hydrogen (secondary N) is 3. The van der Waals surface area contributed by atoms with E-state index in [1.54, 1.807) is 22.6 Å². The van der Waals surface area contributed by atoms with Gasteiger partial charge in [0.05, 0.1) is 61.6 Å². The zero-order chi connectivity index (χ0) is 28.4. The summed E-state index contributed by atoms with van der Waals surface area (Å²) in [5.41, 5.74) is 0.0907. The molecule has 0 aliphatic rings. The van der Waals surface area contributed by atoms with Crippen LogP contribution in [0.15, 0.2) is 0 Å². The molecule has 3 amide bonds. The van der Waals surface area contributed by atoms with Crippen molar-refractivity contribution in [2.24, 2.45) is 0 Å². The van der Waals surface area contributed by atoms with Gasteiger partial charge in [-0.15, -0.1) is 0 Å². The van der Waals surface area contributed by atoms with E-state index in [2.05, 4.69) is 16.0 Å². The molecule has 13 nitrogen and oxygen atoms in total. The van der Waals surface area contributed by atoms with Crippen molar-refractivity contribution in [1.82, 2.24) is 10.6 Å². The first-order valence-electron chi connectivity index (χ1n) is 10.9. The van der Waals surface area contributed by atoms with Gasteiger partial charge < -0.3 is 51.7 Å². The number of benzene rings is 1. The Balaban J connectivity index is 3.36. The molecular weight excluding hydrogens is 835 g/mol. The molecule has 1 aromatic carbocycles. The van der Waals surface area contributed by atoms with Crippen LogP contribution in [0.25, 0.3) is 0 Å². The number of hydrogen-bond acceptors (Lipinski definition) is 10. The van der Waals surface area contributed by atoms with Crippen molar-refractivity contribution in [2.75, 3.05) is 31.6 Å². The maximum absolute atomic E-state index is 13.1. The smallest absolute Gasteiger partial charge is 0.253 e. The number of halogens is 3. The van der Waals surface area contributed by atoms with E-state index in [1.807, 2.05) is 45.2 Å². The molecule has 0 saturated heterocycles. The summed E-state index contributed by atoms with van der Waals surface area (Å²) < 4.78 is 0.710. The average molecular weight is 865 g/mol. The molecule has 0 saturated carbocycles. The minimum absolute atomic E-state index is 0.00110. The number of amides is 3. The Bertz CT molecular complexity index is 905. The molecule has 1 aromatic rings. The van der Waals surface area contributed by atoms with Gasteiger partial charge in [-0.05, 0) is 74.7 Å². The highest BCUT2D eigenvalue weighted by atomic mass is 127. The highest BCUT2D eigenvalue weighted by molar-refractivity contribution is 14.1. The highest BCUT2D eigenvalue weighted by Gasteiger charge is 2.29. The fraction of sp³-hybridized carbons (Fsp3) is 0.571. The molecule has 10 N–H and O–H groups in total. The van der Waals surface area contributed by atoms with Gasteiger partial charge in [0, 0.05) is 29.5 Å². The van der Waals surface area contributed by atoms with Crippen molar-refractivity contribution in [2.45, 2.75) is 50.3 Å². The molecule has 0 bridgehead atoms. The molecule has 0 spiro atoms. The lowest BCUT2D eigenvalue weighted by molar-refractivity contribution is -0.123. The Morgan fingerprint density at radius 3 is 1.41 bits per heavy atom. The summed E-state index contributed by atoms with van der Waals surface area (Å²) in [4.78, 5) is 38.4. The van der Waals surface area contributed by atoms with Crippen LogP contribution in [0.5, 0.6) is 0 Å². The van der Waals surface area contributed by atoms with E-state index < -0.39 is 61.5 Å². The largest absolute Gasteiger partial charge is 0.394 e. The summed E-state index contributed by atoms with van der Waals surface area (Å²) in [7, 11) is 0. The van der Waals surface area contributed by atoms with Crippen LogP contribution in [0, 0.1) is 10.7 Å². The lowest BCUT2D eigenvalue weighted by atomic mass is 10.1. The maximum Gasteiger partial charge on any atom is 0.253 e. The second-order valence-corrected chi connectivity index (χ2v) is 11.3. The Morgan fingerprint density at radius 1 is 0.703 bits per heavy atom. The Labute approximate surface area is 253 Å². The van der Waals surface area contributed by atoms with Gasteiger partial charge in [0.1, 0.15) is 6.10 Å². The first kappa shape index (κ1) is 34.6. The number of carbonyl (C=O) groups is 3. The van der Waals surface area contributed by atoms with Crippen LogP contribution in [0.3, 0.4) is 0 Å². The fourth-order valence-electron chi connectivity index (χ4n) is 2.94. The van der Waals surface area contributed by atoms with E-state index in [4.69, 9.17) is 10.2 Å². The molecule has 37 heavy (non-hydrogen) atoms. The van der Waals surface area contributed by atoms with E-state index in [0.717, 1.165) is 0 Å². The minimum atomic E-state index is -1.39. The topological polar surface area (TPSA) is 229 Å². The van der Waals surface area contributed by atoms with Gasteiger partial charge in [0.25, 0.3) is 17.7 Å². The van der Waals surface area contributed by atoms with Crippen LogP contribution in [-0.2, 0) is 4.79 Å². The van der Waals surface area contributed by atoms with Crippen molar-refractivity contribution in [1.29, 1.82) is 0 Å². The van der Waals surface area contributed by atoms with Gasteiger partial charge in [0.2, 0.25) is 0 Å². The molecule has 0 radical (unpaired) electrons. The quantitative estimate of drug-likeness (QED) is 0.0973. The predicted molar refractivity (Wildman–Crippen MR) is 157 cm³/mol. The summed E-state index contributed by atoms with van der Waals surface area (Å²) >= 11 is 5.41. The third-order valence-electron chi connectivity index (χ3n) is 4.91. The minimum Gasteiger partial charge on any atom is -0.394 e. The van der Waals surface area contributed by atoms with Gasteiger partial charge in [-0.25, -0.2) is 0 Å². The van der Waals surface area contributed by atoms with Gasteiger partial charge >= 0.3 is 0 Å². The molecule has 0 aliphatic carbocycles. The number of hydrogen-bond donors (Lipinski definition) is 10. The molecule has 5 unspecified atom stereocenters. The molecule has 0 fully saturated rings. The van der Waals surface area contributed by atoms with Gasteiger partial charge in [-0.2, -0.15) is 0 Å². The van der Waals surface area contributed by atoms with Crippen molar-refractivity contribution in [3.05, 3.63) is 21.8 Å². The molecule has 0 aliphatic heterocycles. The number of rotatable bonds is 14. The van der Waals surface area contributed by atoms with Crippen LogP contribution < -0.4 is 16.0 Å². The number of aliphatic hydroxyl groups is 7. The molecule has 0 aromatic heterocycles. The second-order valence-electron chi connectivity index (χ2n) is 8.10. The fourth-order valence-corrected chi connectivity index (χ4v) is 7.36. The Kier molecular flexibility index (Phi) is 15.5. The summed E-state index contributed by atoms with van der Waals surface area (Å²) in [6, 6.07) is 0. The second kappa shape index (κ2) is 16.6. The SMILES string of the molecule is CC(O)C(=O)Nc1c(I)c(C(=O)NCC(O)CC(O)CO)c(I)c(C(=O)NCC(O)CC(O)CO)c1I. The molecule has 0 heterocycles. The van der Waals surface area contributed by atoms with Gasteiger partial charge in [-0.3, -0.25) is 14.4 Å². The van der Waals surface area contributed by atoms with E-state index in [1.165, 1.54) is 6.92 Å². The van der Waals surface area contributed by atoms with E-state index in [9.17, 15) is 39.9 Å². The molecule has 16 heteroatoms. The average Bonchev–Trinajstić information content (AvgIpc) is 2.83. The first-order chi connectivity index (χ1) is 17.2. The van der Waals surface area contributed by atoms with Crippen molar-refractivity contribution in [3.8, 4) is 0 Å². The van der Waals surface area contributed by atoms with Crippen molar-refractivity contribution >= 4 is 91.2 Å². The summed E-state index contributed by atoms with van der Waals surface area (Å²) in [5.74, 6) is -2.18. The lowest BCUT2D eigenvalue weighted by Crippen LogP contribution is -2.37. The van der Waals surface area contributed by atoms with Crippen molar-refractivity contribution < 1.29 is 50.1 Å². The zero-order valence-corrected chi connectivity index (χ0v) is 26.1. The lowest BCUT2D eigenvalue weighted by Gasteiger charge is -2.21. The van der Waals surface area contributed by atoms with E-state index >= 15 is 0 Å². The number of carbonyl (C=O) groups excluding carboxylic acids is 3. The third kappa shape index (κ3) is 10.6. The molecule has 5 atom stereocenters. The van der Waals surface area contributed by atoms with Crippen LogP contribution in [0.2, 0.25) is 0 Å². The normalized spacial score (nSPS) is 15.3. The summed E-state index contributed by atoms with van der Waals surface area (Å²) in [5, 5.41) is 73.9. The first-order valence-corrected chi connectivity index (χ1v) is 14.2. The molecule has 1 rings (SSSR count). The van der Waals surface area contributed by atoms with Crippen LogP contribution in [-0.4, -0.2) is 110 Å². The number of anilines is 1. The number of aliphatic hydroxyl groups excluding tert-OH is 7. The summed E-state index contributed by atoms with van der Waals surface area (Å²) in [6.45, 7) is -0.422. The van der Waals surface area contributed by atoms with Gasteiger partial charge in [0.15, 0.2) is 0 Å². The van der Waals surface area contributed by atoms with Crippen LogP contribution in [0.4, 0.5) is 5.69 Å². The Morgan fingerprint density at radius 2 is 1.08 bits per heavy atom. The maximum atomic E-state index is 13.1. The zero-order valence-electron chi connectivity index (χ0n) is 19.6. The molecular formula is C21H30I3N3O10. The van der Waals surface area contributed by atoms with Crippen LogP contribution >= 0.6 is 67.8 Å². The standard InChI is InChI=1S/C21H30I3N3O10/c1-8(30)19(35)27-18-16(23)13(20(36)25-4-9(31)2-11(33)6-28)15(22)14(17(18)24)21(37)26-5-10(32)3-12(34)7-29/h8-12,28-34H,2-7H2,1H3,(H,25,36)(H,26,37)(H,27,35). The summed E-state index contributed by atoms with van der Waals surface area (Å²) in [6.07, 6.45) is -6.44. The van der Waals surface area contributed by atoms with Gasteiger partial charge in [-0.1, -0.05) is 0 Å². The monoisotopic (exact) mass is 865 g/mol. The predicted octanol–water partition coefficient (Wildman–Crippen LogP) is -1.51. The van der Waals surface area contributed by atoms with Crippen LogP contribution in [0.1, 0.15) is 40.5 Å².